The van der Waals surface area contributed by atoms with E-state index in [9.17, 15) is 51.7 Å². The lowest BCUT2D eigenvalue weighted by Crippen LogP contribution is -2.12. The molecule has 16 heteroatoms. The van der Waals surface area contributed by atoms with Gasteiger partial charge in [0.1, 0.15) is 9.79 Å². The molecule has 148 valence electrons. The van der Waals surface area contributed by atoms with Gasteiger partial charge in [0.2, 0.25) is 9.84 Å². The number of nitrogens with zero attached hydrogens (tertiary/aromatic N) is 3. The fourth-order valence-corrected chi connectivity index (χ4v) is 4.84. The van der Waals surface area contributed by atoms with Crippen molar-refractivity contribution in [1.82, 2.24) is 0 Å². The Morgan fingerprint density at radius 1 is 0.679 bits per heavy atom. The first-order chi connectivity index (χ1) is 12.8. The van der Waals surface area contributed by atoms with Crippen LogP contribution in [0.3, 0.4) is 0 Å². The fourth-order valence-electron chi connectivity index (χ4n) is 2.14. The second-order valence-corrected chi connectivity index (χ2v) is 8.31. The molecule has 0 amide bonds. The molecule has 14 nitrogen and oxygen atoms in total. The molecule has 0 fully saturated rings. The first-order valence-corrected chi connectivity index (χ1v) is 9.63. The first kappa shape index (κ1) is 20.8. The summed E-state index contributed by atoms with van der Waals surface area (Å²) in [6, 6.07) is 2.77. The second-order valence-electron chi connectivity index (χ2n) is 5.03. The topological polar surface area (TPSA) is 218 Å². The predicted octanol–water partition coefficient (Wildman–Crippen LogP) is 1.49. The van der Waals surface area contributed by atoms with Crippen molar-refractivity contribution in [2.24, 2.45) is 0 Å². The van der Waals surface area contributed by atoms with E-state index in [-0.39, 0.29) is 0 Å². The van der Waals surface area contributed by atoms with E-state index in [0.29, 0.717) is 36.4 Å². The molecule has 0 unspecified atom stereocenters. The highest BCUT2D eigenvalue weighted by atomic mass is 32.2. The maximum atomic E-state index is 12.8. The van der Waals surface area contributed by atoms with Crippen LogP contribution in [0.4, 0.5) is 17.1 Å². The molecule has 0 radical (unpaired) electrons. The summed E-state index contributed by atoms with van der Waals surface area (Å²) in [6.07, 6.45) is 0. The van der Waals surface area contributed by atoms with E-state index in [1.807, 2.05) is 0 Å². The molecular formula is C12H7N3O11S2. The summed E-state index contributed by atoms with van der Waals surface area (Å²) in [4.78, 5) is 25.8. The van der Waals surface area contributed by atoms with Crippen molar-refractivity contribution in [2.45, 2.75) is 14.7 Å². The van der Waals surface area contributed by atoms with Gasteiger partial charge in [-0.2, -0.15) is 8.42 Å². The monoisotopic (exact) mass is 433 g/mol. The second kappa shape index (κ2) is 6.91. The summed E-state index contributed by atoms with van der Waals surface area (Å²) in [5.74, 6) is 0. The minimum Gasteiger partial charge on any atom is -0.282 e. The number of hydrogen-bond acceptors (Lipinski definition) is 10. The molecule has 0 atom stereocenters. The quantitative estimate of drug-likeness (QED) is 0.390. The molecule has 1 N–H and O–H groups in total. The van der Waals surface area contributed by atoms with Gasteiger partial charge in [-0.3, -0.25) is 34.9 Å². The molecule has 0 bridgehead atoms. The van der Waals surface area contributed by atoms with Crippen LogP contribution in [-0.4, -0.2) is 36.2 Å². The highest BCUT2D eigenvalue weighted by molar-refractivity contribution is 7.93. The van der Waals surface area contributed by atoms with Crippen LogP contribution < -0.4 is 0 Å². The molecular weight excluding hydrogens is 426 g/mol. The molecule has 0 aromatic heterocycles. The molecule has 0 aliphatic heterocycles. The van der Waals surface area contributed by atoms with E-state index < -0.39 is 66.5 Å². The van der Waals surface area contributed by atoms with Crippen molar-refractivity contribution in [2.75, 3.05) is 0 Å². The molecule has 0 saturated heterocycles. The van der Waals surface area contributed by atoms with Crippen molar-refractivity contribution in [3.05, 3.63) is 66.7 Å². The lowest BCUT2D eigenvalue weighted by molar-refractivity contribution is -0.396. The average molecular weight is 433 g/mol. The van der Waals surface area contributed by atoms with E-state index in [0.717, 1.165) is 0 Å². The standard InChI is InChI=1S/C12H7N3O11S2/c16-13(17)7-1-3-10(9(5-7)15(20)21)27(22,23)12-6-8(14(18)19)2-4-11(12)28(24,25)26/h1-6H,(H,24,25,26). The summed E-state index contributed by atoms with van der Waals surface area (Å²) in [7, 11) is -10.3. The van der Waals surface area contributed by atoms with Crippen molar-refractivity contribution in [3.63, 3.8) is 0 Å². The number of nitro benzene ring substituents is 3. The van der Waals surface area contributed by atoms with Crippen molar-refractivity contribution < 1.29 is 36.2 Å². The number of hydrogen-bond donors (Lipinski definition) is 1. The molecule has 0 saturated carbocycles. The first-order valence-electron chi connectivity index (χ1n) is 6.70. The minimum absolute atomic E-state index is 0.295. The van der Waals surface area contributed by atoms with Crippen LogP contribution in [0.15, 0.2) is 51.1 Å². The van der Waals surface area contributed by atoms with Crippen LogP contribution >= 0.6 is 0 Å². The fraction of sp³-hybridized carbons (Fsp3) is 0. The lowest BCUT2D eigenvalue weighted by atomic mass is 10.3. The Bertz CT molecular complexity index is 1240. The van der Waals surface area contributed by atoms with Crippen LogP contribution in [0.2, 0.25) is 0 Å². The van der Waals surface area contributed by atoms with Gasteiger partial charge in [0, 0.05) is 18.2 Å². The summed E-state index contributed by atoms with van der Waals surface area (Å²) < 4.78 is 57.8. The van der Waals surface area contributed by atoms with E-state index in [1.54, 1.807) is 0 Å². The van der Waals surface area contributed by atoms with Crippen molar-refractivity contribution >= 4 is 37.0 Å². The normalized spacial score (nSPS) is 11.8. The van der Waals surface area contributed by atoms with E-state index >= 15 is 0 Å². The number of benzene rings is 2. The predicted molar refractivity (Wildman–Crippen MR) is 88.1 cm³/mol. The molecule has 0 aliphatic rings. The zero-order valence-corrected chi connectivity index (χ0v) is 14.8. The molecule has 0 spiro atoms. The lowest BCUT2D eigenvalue weighted by Gasteiger charge is -2.09. The van der Waals surface area contributed by atoms with E-state index in [4.69, 9.17) is 0 Å². The third-order valence-electron chi connectivity index (χ3n) is 3.35. The third-order valence-corrected chi connectivity index (χ3v) is 6.23. The van der Waals surface area contributed by atoms with Crippen LogP contribution in [0.1, 0.15) is 0 Å². The highest BCUT2D eigenvalue weighted by Crippen LogP contribution is 2.36. The summed E-state index contributed by atoms with van der Waals surface area (Å²) in [6.45, 7) is 0. The summed E-state index contributed by atoms with van der Waals surface area (Å²) >= 11 is 0. The van der Waals surface area contributed by atoms with Crippen LogP contribution in [0.5, 0.6) is 0 Å². The van der Waals surface area contributed by atoms with Gasteiger partial charge >= 0.3 is 0 Å². The van der Waals surface area contributed by atoms with Gasteiger partial charge in [-0.25, -0.2) is 8.42 Å². The SMILES string of the molecule is O=[N+]([O-])c1ccc(S(=O)(=O)c2cc([N+](=O)[O-])ccc2S(=O)(=O)O)c([N+](=O)[O-])c1. The Labute approximate surface area is 155 Å². The molecule has 2 aromatic rings. The Balaban J connectivity index is 2.92. The summed E-state index contributed by atoms with van der Waals surface area (Å²) in [5, 5.41) is 32.8. The van der Waals surface area contributed by atoms with Crippen molar-refractivity contribution in [3.8, 4) is 0 Å². The van der Waals surface area contributed by atoms with Crippen LogP contribution in [0, 0.1) is 30.3 Å². The van der Waals surface area contributed by atoms with Gasteiger partial charge < -0.3 is 0 Å². The minimum atomic E-state index is -5.20. The molecule has 28 heavy (non-hydrogen) atoms. The molecule has 2 aromatic carbocycles. The van der Waals surface area contributed by atoms with Gasteiger partial charge in [0.15, 0.2) is 0 Å². The highest BCUT2D eigenvalue weighted by Gasteiger charge is 2.35. The Hall–Kier alpha value is -3.50. The maximum absolute atomic E-state index is 12.8. The number of sulfone groups is 1. The number of rotatable bonds is 6. The maximum Gasteiger partial charge on any atom is 0.295 e. The van der Waals surface area contributed by atoms with Gasteiger partial charge in [-0.15, -0.1) is 0 Å². The largest absolute Gasteiger partial charge is 0.295 e. The van der Waals surface area contributed by atoms with Gasteiger partial charge in [-0.1, -0.05) is 0 Å². The molecule has 0 heterocycles. The van der Waals surface area contributed by atoms with Crippen LogP contribution in [-0.2, 0) is 20.0 Å². The zero-order valence-electron chi connectivity index (χ0n) is 13.2. The third kappa shape index (κ3) is 3.77. The smallest absolute Gasteiger partial charge is 0.282 e. The van der Waals surface area contributed by atoms with Crippen LogP contribution in [0.25, 0.3) is 0 Å². The van der Waals surface area contributed by atoms with E-state index in [2.05, 4.69) is 0 Å². The number of non-ortho nitro benzene ring substituents is 2. The van der Waals surface area contributed by atoms with E-state index in [1.165, 1.54) is 0 Å². The van der Waals surface area contributed by atoms with Gasteiger partial charge in [-0.05, 0) is 12.1 Å². The van der Waals surface area contributed by atoms with Crippen molar-refractivity contribution in [1.29, 1.82) is 0 Å². The Kier molecular flexibility index (Phi) is 5.13. The Morgan fingerprint density at radius 2 is 1.14 bits per heavy atom. The molecule has 2 rings (SSSR count). The molecule has 0 aliphatic carbocycles. The zero-order chi connectivity index (χ0) is 21.4. The van der Waals surface area contributed by atoms with Gasteiger partial charge in [0.05, 0.1) is 25.7 Å². The Morgan fingerprint density at radius 3 is 1.57 bits per heavy atom. The summed E-state index contributed by atoms with van der Waals surface area (Å²) in [5.41, 5.74) is -2.96. The van der Waals surface area contributed by atoms with Gasteiger partial charge in [0.25, 0.3) is 27.2 Å². The average Bonchev–Trinajstić information content (AvgIpc) is 2.59. The number of nitro groups is 3.